The number of benzene rings is 1. The van der Waals surface area contributed by atoms with Crippen LogP contribution in [0, 0.1) is 18.3 Å². The number of nitriles is 1. The summed E-state index contributed by atoms with van der Waals surface area (Å²) < 4.78 is 5.13. The van der Waals surface area contributed by atoms with E-state index in [-0.39, 0.29) is 0 Å². The van der Waals surface area contributed by atoms with Crippen molar-refractivity contribution < 1.29 is 14.3 Å². The summed E-state index contributed by atoms with van der Waals surface area (Å²) in [4.78, 5) is 29.1. The highest BCUT2D eigenvalue weighted by Gasteiger charge is 2.20. The van der Waals surface area contributed by atoms with Crippen molar-refractivity contribution in [1.82, 2.24) is 4.98 Å². The molecule has 6 nitrogen and oxygen atoms in total. The van der Waals surface area contributed by atoms with Gasteiger partial charge in [0.05, 0.1) is 16.3 Å². The molecule has 0 aliphatic heterocycles. The van der Waals surface area contributed by atoms with Crippen LogP contribution in [-0.2, 0) is 9.53 Å². The van der Waals surface area contributed by atoms with Gasteiger partial charge < -0.3 is 10.1 Å². The third-order valence-electron chi connectivity index (χ3n) is 3.34. The number of ether oxygens (including phenoxy) is 1. The maximum Gasteiger partial charge on any atom is 0.351 e. The molecule has 2 aromatic heterocycles. The molecular formula is C18H13N3O3S2. The second-order valence-electron chi connectivity index (χ2n) is 5.18. The summed E-state index contributed by atoms with van der Waals surface area (Å²) in [5, 5.41) is 14.4. The van der Waals surface area contributed by atoms with E-state index < -0.39 is 18.5 Å². The Balaban J connectivity index is 1.68. The Morgan fingerprint density at radius 2 is 2.04 bits per heavy atom. The standard InChI is InChI=1S/C18H13N3O3S2/c1-11-20-15(12-5-3-2-4-6-12)16(26-11)18(23)24-10-14(22)21-17-13(9-19)7-8-25-17/h2-8H,10H2,1H3,(H,21,22). The van der Waals surface area contributed by atoms with Gasteiger partial charge in [-0.05, 0) is 18.4 Å². The summed E-state index contributed by atoms with van der Waals surface area (Å²) in [5.41, 5.74) is 1.73. The second kappa shape index (κ2) is 7.91. The molecule has 0 atom stereocenters. The Kier molecular flexibility index (Phi) is 5.41. The number of amides is 1. The van der Waals surface area contributed by atoms with E-state index in [1.54, 1.807) is 18.4 Å². The van der Waals surface area contributed by atoms with Gasteiger partial charge in [-0.2, -0.15) is 5.26 Å². The molecule has 8 heteroatoms. The Morgan fingerprint density at radius 1 is 1.27 bits per heavy atom. The summed E-state index contributed by atoms with van der Waals surface area (Å²) in [6, 6.07) is 12.9. The fraction of sp³-hybridized carbons (Fsp3) is 0.111. The lowest BCUT2D eigenvalue weighted by atomic mass is 10.1. The van der Waals surface area contributed by atoms with Gasteiger partial charge in [0.25, 0.3) is 5.91 Å². The zero-order valence-electron chi connectivity index (χ0n) is 13.7. The highest BCUT2D eigenvalue weighted by molar-refractivity contribution is 7.14. The van der Waals surface area contributed by atoms with Crippen molar-refractivity contribution in [3.8, 4) is 17.3 Å². The molecule has 2 heterocycles. The first kappa shape index (κ1) is 17.8. The average molecular weight is 383 g/mol. The number of thiophene rings is 1. The van der Waals surface area contributed by atoms with Gasteiger partial charge in [-0.25, -0.2) is 9.78 Å². The summed E-state index contributed by atoms with van der Waals surface area (Å²) >= 11 is 2.46. The van der Waals surface area contributed by atoms with Gasteiger partial charge in [-0.15, -0.1) is 22.7 Å². The molecule has 0 aliphatic rings. The molecule has 0 bridgehead atoms. The minimum Gasteiger partial charge on any atom is -0.451 e. The molecule has 0 fully saturated rings. The van der Waals surface area contributed by atoms with E-state index in [0.29, 0.717) is 21.1 Å². The van der Waals surface area contributed by atoms with E-state index in [0.717, 1.165) is 10.6 Å². The van der Waals surface area contributed by atoms with Crippen molar-refractivity contribution in [2.24, 2.45) is 0 Å². The number of hydrogen-bond donors (Lipinski definition) is 1. The minimum atomic E-state index is -0.601. The third kappa shape index (κ3) is 3.96. The first-order valence-electron chi connectivity index (χ1n) is 7.56. The lowest BCUT2D eigenvalue weighted by Gasteiger charge is -2.06. The Labute approximate surface area is 157 Å². The fourth-order valence-corrected chi connectivity index (χ4v) is 3.80. The predicted molar refractivity (Wildman–Crippen MR) is 100 cm³/mol. The number of rotatable bonds is 5. The van der Waals surface area contributed by atoms with Gasteiger partial charge in [0.2, 0.25) is 0 Å². The molecule has 26 heavy (non-hydrogen) atoms. The maximum absolute atomic E-state index is 12.4. The highest BCUT2D eigenvalue weighted by Crippen LogP contribution is 2.28. The van der Waals surface area contributed by atoms with Crippen LogP contribution in [-0.4, -0.2) is 23.5 Å². The predicted octanol–water partition coefficient (Wildman–Crippen LogP) is 3.85. The maximum atomic E-state index is 12.4. The number of thiazole rings is 1. The van der Waals surface area contributed by atoms with Crippen LogP contribution in [0.15, 0.2) is 41.8 Å². The first-order chi connectivity index (χ1) is 12.6. The van der Waals surface area contributed by atoms with Gasteiger partial charge in [-0.1, -0.05) is 30.3 Å². The number of esters is 1. The van der Waals surface area contributed by atoms with Crippen molar-refractivity contribution >= 4 is 39.6 Å². The summed E-state index contributed by atoms with van der Waals surface area (Å²) in [5.74, 6) is -1.10. The normalized spacial score (nSPS) is 10.2. The second-order valence-corrected chi connectivity index (χ2v) is 7.30. The quantitative estimate of drug-likeness (QED) is 0.676. The van der Waals surface area contributed by atoms with Crippen LogP contribution in [0.4, 0.5) is 5.00 Å². The number of hydrogen-bond acceptors (Lipinski definition) is 7. The number of aryl methyl sites for hydroxylation is 1. The number of carbonyl (C=O) groups is 2. The van der Waals surface area contributed by atoms with Gasteiger partial charge in [0, 0.05) is 5.56 Å². The molecule has 0 radical (unpaired) electrons. The zero-order chi connectivity index (χ0) is 18.5. The van der Waals surface area contributed by atoms with Gasteiger partial charge >= 0.3 is 5.97 Å². The summed E-state index contributed by atoms with van der Waals surface area (Å²) in [6.45, 7) is 1.37. The number of anilines is 1. The molecule has 0 unspecified atom stereocenters. The van der Waals surface area contributed by atoms with E-state index in [9.17, 15) is 9.59 Å². The highest BCUT2D eigenvalue weighted by atomic mass is 32.1. The van der Waals surface area contributed by atoms with Gasteiger partial charge in [0.1, 0.15) is 15.9 Å². The number of aromatic nitrogens is 1. The van der Waals surface area contributed by atoms with Gasteiger partial charge in [-0.3, -0.25) is 4.79 Å². The minimum absolute atomic E-state index is 0.357. The van der Waals surface area contributed by atoms with Crippen LogP contribution in [0.3, 0.4) is 0 Å². The summed E-state index contributed by atoms with van der Waals surface area (Å²) in [6.07, 6.45) is 0. The van der Waals surface area contributed by atoms with E-state index in [1.807, 2.05) is 36.4 Å². The number of carbonyl (C=O) groups excluding carboxylic acids is 2. The van der Waals surface area contributed by atoms with Crippen LogP contribution in [0.1, 0.15) is 20.2 Å². The van der Waals surface area contributed by atoms with E-state index in [4.69, 9.17) is 10.00 Å². The molecular weight excluding hydrogens is 370 g/mol. The average Bonchev–Trinajstić information content (AvgIpc) is 3.26. The van der Waals surface area contributed by atoms with Crippen LogP contribution < -0.4 is 5.32 Å². The number of nitrogens with one attached hydrogen (secondary N) is 1. The Bertz CT molecular complexity index is 987. The molecule has 0 saturated carbocycles. The van der Waals surface area contributed by atoms with Crippen molar-refractivity contribution in [3.63, 3.8) is 0 Å². The SMILES string of the molecule is Cc1nc(-c2ccccc2)c(C(=O)OCC(=O)Nc2sccc2C#N)s1. The van der Waals surface area contributed by atoms with E-state index in [1.165, 1.54) is 22.7 Å². The Morgan fingerprint density at radius 3 is 2.77 bits per heavy atom. The van der Waals surface area contributed by atoms with E-state index in [2.05, 4.69) is 10.3 Å². The van der Waals surface area contributed by atoms with Crippen molar-refractivity contribution in [2.45, 2.75) is 6.92 Å². The molecule has 1 aromatic carbocycles. The monoisotopic (exact) mass is 383 g/mol. The molecule has 0 aliphatic carbocycles. The van der Waals surface area contributed by atoms with Crippen LogP contribution in [0.2, 0.25) is 0 Å². The van der Waals surface area contributed by atoms with E-state index >= 15 is 0 Å². The van der Waals surface area contributed by atoms with Crippen LogP contribution in [0.25, 0.3) is 11.3 Å². The molecule has 3 rings (SSSR count). The topological polar surface area (TPSA) is 92.1 Å². The van der Waals surface area contributed by atoms with Crippen molar-refractivity contribution in [3.05, 3.63) is 57.2 Å². The summed E-state index contributed by atoms with van der Waals surface area (Å²) in [7, 11) is 0. The van der Waals surface area contributed by atoms with Crippen LogP contribution >= 0.6 is 22.7 Å². The first-order valence-corrected chi connectivity index (χ1v) is 9.25. The molecule has 1 amide bonds. The molecule has 130 valence electrons. The van der Waals surface area contributed by atoms with Gasteiger partial charge in [0.15, 0.2) is 6.61 Å². The lowest BCUT2D eigenvalue weighted by molar-refractivity contribution is -0.119. The fourth-order valence-electron chi connectivity index (χ4n) is 2.21. The molecule has 0 saturated heterocycles. The van der Waals surface area contributed by atoms with Crippen LogP contribution in [0.5, 0.6) is 0 Å². The third-order valence-corrected chi connectivity index (χ3v) is 5.12. The smallest absolute Gasteiger partial charge is 0.351 e. The number of nitrogens with zero attached hydrogens (tertiary/aromatic N) is 2. The van der Waals surface area contributed by atoms with Crippen molar-refractivity contribution in [2.75, 3.05) is 11.9 Å². The Hall–Kier alpha value is -3.02. The largest absolute Gasteiger partial charge is 0.451 e. The molecule has 0 spiro atoms. The molecule has 1 N–H and O–H groups in total. The molecule has 3 aromatic rings. The van der Waals surface area contributed by atoms with Crippen molar-refractivity contribution in [1.29, 1.82) is 5.26 Å². The zero-order valence-corrected chi connectivity index (χ0v) is 15.3. The lowest BCUT2D eigenvalue weighted by Crippen LogP contribution is -2.20.